The smallest absolute Gasteiger partial charge is 0.258 e. The fourth-order valence-electron chi connectivity index (χ4n) is 2.88. The second-order valence-electron chi connectivity index (χ2n) is 6.23. The molecule has 0 aliphatic carbocycles. The van der Waals surface area contributed by atoms with E-state index in [9.17, 15) is 4.79 Å². The average Bonchev–Trinajstić information content (AvgIpc) is 2.68. The van der Waals surface area contributed by atoms with Crippen molar-refractivity contribution in [2.24, 2.45) is 0 Å². The van der Waals surface area contributed by atoms with E-state index in [0.29, 0.717) is 12.1 Å². The SMILES string of the molecule is C=CCc1ccc(CN(C(=O)c2ccncc2C)c2ccccc2)cc1. The first-order valence-electron chi connectivity index (χ1n) is 8.65. The van der Waals surface area contributed by atoms with Gasteiger partial charge in [-0.25, -0.2) is 0 Å². The number of rotatable bonds is 6. The second-order valence-corrected chi connectivity index (χ2v) is 6.23. The lowest BCUT2D eigenvalue weighted by Gasteiger charge is -2.24. The first-order valence-corrected chi connectivity index (χ1v) is 8.65. The highest BCUT2D eigenvalue weighted by Gasteiger charge is 2.19. The van der Waals surface area contributed by atoms with Crippen LogP contribution in [0.3, 0.4) is 0 Å². The van der Waals surface area contributed by atoms with Crippen LogP contribution in [0.15, 0.2) is 85.7 Å². The van der Waals surface area contributed by atoms with Crippen molar-refractivity contribution >= 4 is 11.6 Å². The van der Waals surface area contributed by atoms with Crippen LogP contribution in [0.25, 0.3) is 0 Å². The standard InChI is InChI=1S/C23H22N2O/c1-3-7-19-10-12-20(13-11-19)17-25(21-8-5-4-6-9-21)23(26)22-14-15-24-16-18(22)2/h3-6,8-16H,1,7,17H2,2H3. The topological polar surface area (TPSA) is 33.2 Å². The van der Waals surface area contributed by atoms with Crippen molar-refractivity contribution in [1.29, 1.82) is 0 Å². The van der Waals surface area contributed by atoms with Crippen LogP contribution in [0.5, 0.6) is 0 Å². The number of aryl methyl sites for hydroxylation is 1. The maximum Gasteiger partial charge on any atom is 0.258 e. The van der Waals surface area contributed by atoms with Crippen LogP contribution in [0, 0.1) is 6.92 Å². The molecule has 3 rings (SSSR count). The summed E-state index contributed by atoms with van der Waals surface area (Å²) in [5, 5.41) is 0. The molecule has 1 amide bonds. The van der Waals surface area contributed by atoms with E-state index in [-0.39, 0.29) is 5.91 Å². The van der Waals surface area contributed by atoms with Crippen molar-refractivity contribution in [3.05, 3.63) is 108 Å². The van der Waals surface area contributed by atoms with Gasteiger partial charge in [-0.15, -0.1) is 6.58 Å². The number of carbonyl (C=O) groups is 1. The molecule has 1 aromatic heterocycles. The minimum absolute atomic E-state index is 0.0220. The molecule has 0 saturated heterocycles. The highest BCUT2D eigenvalue weighted by Crippen LogP contribution is 2.21. The summed E-state index contributed by atoms with van der Waals surface area (Å²) in [6.45, 7) is 6.20. The summed E-state index contributed by atoms with van der Waals surface area (Å²) >= 11 is 0. The Balaban J connectivity index is 1.92. The largest absolute Gasteiger partial charge is 0.304 e. The van der Waals surface area contributed by atoms with Crippen molar-refractivity contribution in [2.75, 3.05) is 4.90 Å². The number of amides is 1. The first-order chi connectivity index (χ1) is 12.7. The molecule has 0 aliphatic heterocycles. The van der Waals surface area contributed by atoms with Gasteiger partial charge in [0.05, 0.1) is 6.54 Å². The van der Waals surface area contributed by atoms with Gasteiger partial charge in [-0.05, 0) is 48.2 Å². The predicted molar refractivity (Wildman–Crippen MR) is 106 cm³/mol. The van der Waals surface area contributed by atoms with E-state index >= 15 is 0 Å². The summed E-state index contributed by atoms with van der Waals surface area (Å²) in [6.07, 6.45) is 6.12. The molecule has 0 bridgehead atoms. The Hall–Kier alpha value is -3.20. The number of carbonyl (C=O) groups excluding carboxylic acids is 1. The highest BCUT2D eigenvalue weighted by molar-refractivity contribution is 6.06. The third-order valence-electron chi connectivity index (χ3n) is 4.31. The van der Waals surface area contributed by atoms with Crippen molar-refractivity contribution in [3.63, 3.8) is 0 Å². The van der Waals surface area contributed by atoms with E-state index in [0.717, 1.165) is 23.2 Å². The summed E-state index contributed by atoms with van der Waals surface area (Å²) < 4.78 is 0. The van der Waals surface area contributed by atoms with Crippen LogP contribution >= 0.6 is 0 Å². The number of allylic oxidation sites excluding steroid dienone is 1. The summed E-state index contributed by atoms with van der Waals surface area (Å²) in [5.74, 6) is -0.0220. The third-order valence-corrected chi connectivity index (χ3v) is 4.31. The van der Waals surface area contributed by atoms with Crippen LogP contribution in [-0.2, 0) is 13.0 Å². The molecule has 0 fully saturated rings. The molecule has 3 heteroatoms. The van der Waals surface area contributed by atoms with E-state index in [2.05, 4.69) is 35.8 Å². The third kappa shape index (κ3) is 4.06. The number of hydrogen-bond donors (Lipinski definition) is 0. The van der Waals surface area contributed by atoms with Crippen LogP contribution in [0.1, 0.15) is 27.0 Å². The van der Waals surface area contributed by atoms with E-state index in [1.54, 1.807) is 18.5 Å². The van der Waals surface area contributed by atoms with Gasteiger partial charge >= 0.3 is 0 Å². The second kappa shape index (κ2) is 8.26. The summed E-state index contributed by atoms with van der Waals surface area (Å²) in [7, 11) is 0. The Morgan fingerprint density at radius 1 is 1.04 bits per heavy atom. The fraction of sp³-hybridized carbons (Fsp3) is 0.130. The molecule has 1 heterocycles. The molecular weight excluding hydrogens is 320 g/mol. The Labute approximate surface area is 154 Å². The maximum absolute atomic E-state index is 13.2. The van der Waals surface area contributed by atoms with Gasteiger partial charge in [0.15, 0.2) is 0 Å². The van der Waals surface area contributed by atoms with E-state index in [4.69, 9.17) is 0 Å². The number of nitrogens with zero attached hydrogens (tertiary/aromatic N) is 2. The summed E-state index contributed by atoms with van der Waals surface area (Å²) in [5.41, 5.74) is 4.73. The van der Waals surface area contributed by atoms with Crippen LogP contribution in [-0.4, -0.2) is 10.9 Å². The number of hydrogen-bond acceptors (Lipinski definition) is 2. The highest BCUT2D eigenvalue weighted by atomic mass is 16.2. The van der Waals surface area contributed by atoms with Crippen LogP contribution in [0.4, 0.5) is 5.69 Å². The van der Waals surface area contributed by atoms with Crippen molar-refractivity contribution < 1.29 is 4.79 Å². The van der Waals surface area contributed by atoms with Gasteiger partial charge < -0.3 is 4.90 Å². The quantitative estimate of drug-likeness (QED) is 0.593. The van der Waals surface area contributed by atoms with Gasteiger partial charge in [-0.2, -0.15) is 0 Å². The maximum atomic E-state index is 13.2. The van der Waals surface area contributed by atoms with Gasteiger partial charge in [0.2, 0.25) is 0 Å². The first kappa shape index (κ1) is 17.6. The molecule has 0 aliphatic rings. The van der Waals surface area contributed by atoms with E-state index in [1.807, 2.05) is 48.2 Å². The normalized spacial score (nSPS) is 10.3. The molecule has 0 saturated carbocycles. The van der Waals surface area contributed by atoms with E-state index in [1.165, 1.54) is 5.56 Å². The summed E-state index contributed by atoms with van der Waals surface area (Å²) in [4.78, 5) is 19.1. The van der Waals surface area contributed by atoms with Gasteiger partial charge in [0.1, 0.15) is 0 Å². The van der Waals surface area contributed by atoms with Crippen LogP contribution < -0.4 is 4.90 Å². The lowest BCUT2D eigenvalue weighted by molar-refractivity contribution is 0.0984. The van der Waals surface area contributed by atoms with Gasteiger partial charge in [-0.3, -0.25) is 9.78 Å². The zero-order valence-electron chi connectivity index (χ0n) is 14.9. The summed E-state index contributed by atoms with van der Waals surface area (Å²) in [6, 6.07) is 19.9. The van der Waals surface area contributed by atoms with Crippen molar-refractivity contribution in [3.8, 4) is 0 Å². The lowest BCUT2D eigenvalue weighted by Crippen LogP contribution is -2.31. The molecule has 0 spiro atoms. The zero-order chi connectivity index (χ0) is 18.4. The fourth-order valence-corrected chi connectivity index (χ4v) is 2.88. The Morgan fingerprint density at radius 2 is 1.73 bits per heavy atom. The minimum atomic E-state index is -0.0220. The van der Waals surface area contributed by atoms with Gasteiger partial charge in [0.25, 0.3) is 5.91 Å². The molecule has 130 valence electrons. The Morgan fingerprint density at radius 3 is 2.38 bits per heavy atom. The van der Waals surface area contributed by atoms with Crippen molar-refractivity contribution in [1.82, 2.24) is 4.98 Å². The molecule has 2 aromatic carbocycles. The molecule has 3 nitrogen and oxygen atoms in total. The van der Waals surface area contributed by atoms with Gasteiger partial charge in [0, 0.05) is 23.6 Å². The molecule has 26 heavy (non-hydrogen) atoms. The molecule has 0 unspecified atom stereocenters. The predicted octanol–water partition coefficient (Wildman–Crippen LogP) is 4.97. The average molecular weight is 342 g/mol. The molecular formula is C23H22N2O. The number of pyridine rings is 1. The Kier molecular flexibility index (Phi) is 5.59. The lowest BCUT2D eigenvalue weighted by atomic mass is 10.1. The monoisotopic (exact) mass is 342 g/mol. The minimum Gasteiger partial charge on any atom is -0.304 e. The van der Waals surface area contributed by atoms with E-state index < -0.39 is 0 Å². The molecule has 0 atom stereocenters. The Bertz CT molecular complexity index is 886. The number of aromatic nitrogens is 1. The van der Waals surface area contributed by atoms with Gasteiger partial charge in [-0.1, -0.05) is 48.5 Å². The zero-order valence-corrected chi connectivity index (χ0v) is 14.9. The molecule has 0 N–H and O–H groups in total. The molecule has 0 radical (unpaired) electrons. The molecule has 3 aromatic rings. The number of benzene rings is 2. The number of para-hydroxylation sites is 1. The van der Waals surface area contributed by atoms with Crippen molar-refractivity contribution in [2.45, 2.75) is 19.9 Å². The van der Waals surface area contributed by atoms with Crippen LogP contribution in [0.2, 0.25) is 0 Å². The number of anilines is 1.